The third-order valence-corrected chi connectivity index (χ3v) is 6.31. The number of thioether (sulfide) groups is 1. The molecule has 2 nitrogen and oxygen atoms in total. The lowest BCUT2D eigenvalue weighted by atomic mass is 10.0. The zero-order chi connectivity index (χ0) is 17.4. The molecule has 0 bridgehead atoms. The van der Waals surface area contributed by atoms with E-state index in [1.807, 2.05) is 11.8 Å². The van der Waals surface area contributed by atoms with Crippen LogP contribution in [-0.4, -0.2) is 24.2 Å². The van der Waals surface area contributed by atoms with Gasteiger partial charge in [0, 0.05) is 30.2 Å². The minimum atomic E-state index is 0.600. The summed E-state index contributed by atoms with van der Waals surface area (Å²) in [5.74, 6) is 1.76. The molecule has 0 saturated carbocycles. The lowest BCUT2D eigenvalue weighted by molar-refractivity contribution is 0.421. The number of aliphatic imine (C=N–C) groups is 1. The van der Waals surface area contributed by atoms with Crippen molar-refractivity contribution in [2.24, 2.45) is 10.9 Å². The van der Waals surface area contributed by atoms with Crippen molar-refractivity contribution in [3.05, 3.63) is 44.4 Å². The molecule has 1 aliphatic carbocycles. The maximum atomic E-state index is 4.78. The lowest BCUT2D eigenvalue weighted by Gasteiger charge is -2.19. The second-order valence-electron chi connectivity index (χ2n) is 6.31. The van der Waals surface area contributed by atoms with Crippen molar-refractivity contribution in [3.8, 4) is 0 Å². The van der Waals surface area contributed by atoms with Gasteiger partial charge in [0.1, 0.15) is 5.82 Å². The average Bonchev–Trinajstić information content (AvgIpc) is 3.10. The predicted molar refractivity (Wildman–Crippen MR) is 113 cm³/mol. The van der Waals surface area contributed by atoms with Crippen LogP contribution in [0.4, 0.5) is 0 Å². The first kappa shape index (κ1) is 19.6. The molecule has 0 aromatic heterocycles. The molecule has 4 heteroatoms. The SMILES string of the molecule is C/C=C(\CC=N/C(=C\CC)N1CCCC1)SC1=CC(Br)=CC[C@H]1C. The summed E-state index contributed by atoms with van der Waals surface area (Å²) in [4.78, 5) is 10.0. The summed E-state index contributed by atoms with van der Waals surface area (Å²) >= 11 is 5.51. The van der Waals surface area contributed by atoms with Gasteiger partial charge in [0.25, 0.3) is 0 Å². The normalized spacial score (nSPS) is 23.0. The Morgan fingerprint density at radius 2 is 2.17 bits per heavy atom. The van der Waals surface area contributed by atoms with Gasteiger partial charge in [0.05, 0.1) is 0 Å². The van der Waals surface area contributed by atoms with Gasteiger partial charge >= 0.3 is 0 Å². The van der Waals surface area contributed by atoms with E-state index < -0.39 is 0 Å². The molecule has 0 radical (unpaired) electrons. The van der Waals surface area contributed by atoms with Gasteiger partial charge in [-0.15, -0.1) is 0 Å². The highest BCUT2D eigenvalue weighted by atomic mass is 79.9. The Morgan fingerprint density at radius 1 is 1.42 bits per heavy atom. The summed E-state index contributed by atoms with van der Waals surface area (Å²) in [6, 6.07) is 0. The smallest absolute Gasteiger partial charge is 0.124 e. The molecule has 1 atom stereocenters. The number of hydrogen-bond acceptors (Lipinski definition) is 3. The molecule has 24 heavy (non-hydrogen) atoms. The molecule has 1 saturated heterocycles. The van der Waals surface area contributed by atoms with Gasteiger partial charge in [-0.1, -0.05) is 53.7 Å². The summed E-state index contributed by atoms with van der Waals surface area (Å²) in [5.41, 5.74) is 0. The molecule has 1 aliphatic heterocycles. The maximum Gasteiger partial charge on any atom is 0.124 e. The molecule has 132 valence electrons. The lowest BCUT2D eigenvalue weighted by Crippen LogP contribution is -2.17. The van der Waals surface area contributed by atoms with Crippen molar-refractivity contribution in [2.75, 3.05) is 13.1 Å². The molecule has 0 spiro atoms. The first-order valence-electron chi connectivity index (χ1n) is 9.02. The second kappa shape index (κ2) is 10.3. The van der Waals surface area contributed by atoms with Crippen molar-refractivity contribution in [1.82, 2.24) is 4.90 Å². The number of rotatable bonds is 7. The minimum Gasteiger partial charge on any atom is -0.357 e. The number of nitrogens with zero attached hydrogens (tertiary/aromatic N) is 2. The molecule has 0 N–H and O–H groups in total. The van der Waals surface area contributed by atoms with Crippen molar-refractivity contribution >= 4 is 33.9 Å². The molecule has 2 rings (SSSR count). The number of allylic oxidation sites excluding steroid dienone is 7. The quantitative estimate of drug-likeness (QED) is 0.438. The van der Waals surface area contributed by atoms with Gasteiger partial charge in [-0.25, -0.2) is 4.99 Å². The molecule has 1 heterocycles. The number of likely N-dealkylation sites (tertiary alicyclic amines) is 1. The standard InChI is InChI=1S/C20H29BrN2S/c1-4-8-20(23-13-6-7-14-23)22-12-11-18(5-2)24-19-15-17(21)10-9-16(19)3/h5,8,10,12,15-16H,4,6-7,9,11,13-14H2,1-3H3/b18-5+,20-8+,22-12?/t16-/m1/s1. The van der Waals surface area contributed by atoms with E-state index in [4.69, 9.17) is 4.99 Å². The van der Waals surface area contributed by atoms with Gasteiger partial charge in [0.15, 0.2) is 0 Å². The van der Waals surface area contributed by atoms with Crippen LogP contribution in [-0.2, 0) is 0 Å². The fourth-order valence-corrected chi connectivity index (χ4v) is 4.51. The first-order valence-corrected chi connectivity index (χ1v) is 10.6. The van der Waals surface area contributed by atoms with Crippen LogP contribution in [0.25, 0.3) is 0 Å². The Balaban J connectivity index is 1.95. The van der Waals surface area contributed by atoms with E-state index in [-0.39, 0.29) is 0 Å². The van der Waals surface area contributed by atoms with E-state index in [0.717, 1.165) is 38.2 Å². The van der Waals surface area contributed by atoms with Crippen LogP contribution >= 0.6 is 27.7 Å². The fourth-order valence-electron chi connectivity index (χ4n) is 2.86. The zero-order valence-corrected chi connectivity index (χ0v) is 17.5. The molecular formula is C20H29BrN2S. The van der Waals surface area contributed by atoms with Crippen LogP contribution in [0.5, 0.6) is 0 Å². The summed E-state index contributed by atoms with van der Waals surface area (Å²) in [6.45, 7) is 8.91. The minimum absolute atomic E-state index is 0.600. The molecule has 0 aromatic carbocycles. The Bertz CT molecular complexity index is 566. The van der Waals surface area contributed by atoms with E-state index >= 15 is 0 Å². The maximum absolute atomic E-state index is 4.78. The van der Waals surface area contributed by atoms with E-state index in [9.17, 15) is 0 Å². The Hall–Kier alpha value is -0.740. The van der Waals surface area contributed by atoms with Gasteiger partial charge < -0.3 is 4.90 Å². The highest BCUT2D eigenvalue weighted by Gasteiger charge is 2.15. The summed E-state index contributed by atoms with van der Waals surface area (Å²) in [5, 5.41) is 0. The molecule has 2 aliphatic rings. The highest BCUT2D eigenvalue weighted by Crippen LogP contribution is 2.38. The predicted octanol–water partition coefficient (Wildman–Crippen LogP) is 6.63. The third kappa shape index (κ3) is 5.96. The van der Waals surface area contributed by atoms with E-state index in [0.29, 0.717) is 5.92 Å². The topological polar surface area (TPSA) is 15.6 Å². The van der Waals surface area contributed by atoms with Crippen LogP contribution < -0.4 is 0 Å². The van der Waals surface area contributed by atoms with Crippen LogP contribution in [0.1, 0.15) is 52.9 Å². The third-order valence-electron chi connectivity index (χ3n) is 4.34. The number of halogens is 1. The molecule has 0 amide bonds. The average molecular weight is 409 g/mol. The Morgan fingerprint density at radius 3 is 2.83 bits per heavy atom. The summed E-state index contributed by atoms with van der Waals surface area (Å²) < 4.78 is 1.20. The van der Waals surface area contributed by atoms with Gasteiger partial charge in [-0.2, -0.15) is 0 Å². The van der Waals surface area contributed by atoms with Gasteiger partial charge in [-0.05, 0) is 60.5 Å². The van der Waals surface area contributed by atoms with Crippen molar-refractivity contribution < 1.29 is 0 Å². The van der Waals surface area contributed by atoms with E-state index in [1.165, 1.54) is 27.1 Å². The Kier molecular flexibility index (Phi) is 8.40. The molecule has 0 unspecified atom stereocenters. The summed E-state index contributed by atoms with van der Waals surface area (Å²) in [7, 11) is 0. The van der Waals surface area contributed by atoms with Crippen LogP contribution in [0.3, 0.4) is 0 Å². The highest BCUT2D eigenvalue weighted by molar-refractivity contribution is 9.11. The monoisotopic (exact) mass is 408 g/mol. The van der Waals surface area contributed by atoms with Crippen molar-refractivity contribution in [2.45, 2.75) is 52.9 Å². The Labute approximate surface area is 160 Å². The van der Waals surface area contributed by atoms with Gasteiger partial charge in [-0.3, -0.25) is 0 Å². The number of hydrogen-bond donors (Lipinski definition) is 0. The van der Waals surface area contributed by atoms with Gasteiger partial charge in [0.2, 0.25) is 0 Å². The zero-order valence-electron chi connectivity index (χ0n) is 15.1. The van der Waals surface area contributed by atoms with Crippen LogP contribution in [0.15, 0.2) is 49.4 Å². The molecule has 0 aromatic rings. The van der Waals surface area contributed by atoms with Crippen molar-refractivity contribution in [1.29, 1.82) is 0 Å². The fraction of sp³-hybridized carbons (Fsp3) is 0.550. The van der Waals surface area contributed by atoms with E-state index in [2.05, 4.69) is 72.1 Å². The second-order valence-corrected chi connectivity index (χ2v) is 8.43. The van der Waals surface area contributed by atoms with Crippen molar-refractivity contribution in [3.63, 3.8) is 0 Å². The summed E-state index contributed by atoms with van der Waals surface area (Å²) in [6.07, 6.45) is 16.7. The van der Waals surface area contributed by atoms with E-state index in [1.54, 1.807) is 0 Å². The molecular weight excluding hydrogens is 380 g/mol. The van der Waals surface area contributed by atoms with Crippen LogP contribution in [0, 0.1) is 5.92 Å². The molecule has 1 fully saturated rings. The van der Waals surface area contributed by atoms with Crippen LogP contribution in [0.2, 0.25) is 0 Å². The largest absolute Gasteiger partial charge is 0.357 e. The first-order chi connectivity index (χ1) is 11.6.